The van der Waals surface area contributed by atoms with E-state index >= 15 is 0 Å². The van der Waals surface area contributed by atoms with E-state index in [1.54, 1.807) is 0 Å². The highest BCUT2D eigenvalue weighted by Crippen LogP contribution is 2.36. The van der Waals surface area contributed by atoms with E-state index in [-0.39, 0.29) is 11.9 Å². The van der Waals surface area contributed by atoms with Gasteiger partial charge in [-0.1, -0.05) is 29.8 Å². The van der Waals surface area contributed by atoms with E-state index in [0.717, 1.165) is 36.3 Å². The zero-order valence-electron chi connectivity index (χ0n) is 16.6. The third-order valence-corrected chi connectivity index (χ3v) is 5.68. The van der Waals surface area contributed by atoms with E-state index in [1.165, 1.54) is 0 Å². The second-order valence-electron chi connectivity index (χ2n) is 7.40. The van der Waals surface area contributed by atoms with Crippen molar-refractivity contribution in [2.75, 3.05) is 6.54 Å². The van der Waals surface area contributed by atoms with Gasteiger partial charge in [-0.25, -0.2) is 4.68 Å². The number of amides is 1. The number of hydrogen-bond donors (Lipinski definition) is 0. The van der Waals surface area contributed by atoms with Gasteiger partial charge in [-0.15, -0.1) is 0 Å². The topological polar surface area (TPSA) is 47.4 Å². The standard InChI is InChI=1S/C23H24ClN3O2/c1-16-14-17(2)27(25-16)15-29-19-11-9-18(10-12-19)23(28)26-13-5-8-22(26)20-6-3-4-7-21(20)24/h3-4,6-7,9-12,14,22H,5,8,13,15H2,1-2H3/t22-/m1/s1. The van der Waals surface area contributed by atoms with Crippen molar-refractivity contribution in [2.24, 2.45) is 0 Å². The number of benzene rings is 2. The number of carbonyl (C=O) groups is 1. The second kappa shape index (κ2) is 8.29. The molecule has 1 aliphatic heterocycles. The number of likely N-dealkylation sites (tertiary alicyclic amines) is 1. The summed E-state index contributed by atoms with van der Waals surface area (Å²) in [7, 11) is 0. The third kappa shape index (κ3) is 4.15. The molecule has 5 nitrogen and oxygen atoms in total. The Morgan fingerprint density at radius 3 is 2.62 bits per heavy atom. The first kappa shape index (κ1) is 19.5. The summed E-state index contributed by atoms with van der Waals surface area (Å²) in [5.74, 6) is 0.732. The lowest BCUT2D eigenvalue weighted by atomic mass is 10.0. The number of halogens is 1. The van der Waals surface area contributed by atoms with Crippen LogP contribution >= 0.6 is 11.6 Å². The summed E-state index contributed by atoms with van der Waals surface area (Å²) in [6.07, 6.45) is 1.91. The van der Waals surface area contributed by atoms with Crippen LogP contribution in [0.4, 0.5) is 0 Å². The number of rotatable bonds is 5. The average Bonchev–Trinajstić information content (AvgIpc) is 3.32. The molecule has 150 valence electrons. The van der Waals surface area contributed by atoms with Gasteiger partial charge in [0.25, 0.3) is 5.91 Å². The van der Waals surface area contributed by atoms with Crippen molar-refractivity contribution in [3.63, 3.8) is 0 Å². The molecule has 0 unspecified atom stereocenters. The van der Waals surface area contributed by atoms with Crippen LogP contribution in [0.3, 0.4) is 0 Å². The lowest BCUT2D eigenvalue weighted by molar-refractivity contribution is 0.0735. The van der Waals surface area contributed by atoms with Crippen molar-refractivity contribution in [1.29, 1.82) is 0 Å². The summed E-state index contributed by atoms with van der Waals surface area (Å²) in [6, 6.07) is 17.1. The van der Waals surface area contributed by atoms with Gasteiger partial charge in [0.1, 0.15) is 5.75 Å². The van der Waals surface area contributed by atoms with Crippen LogP contribution in [0.1, 0.15) is 46.2 Å². The van der Waals surface area contributed by atoms with Crippen molar-refractivity contribution >= 4 is 17.5 Å². The molecule has 0 N–H and O–H groups in total. The number of hydrogen-bond acceptors (Lipinski definition) is 3. The first-order valence-corrected chi connectivity index (χ1v) is 10.2. The summed E-state index contributed by atoms with van der Waals surface area (Å²) in [5, 5.41) is 5.10. The summed E-state index contributed by atoms with van der Waals surface area (Å²) >= 11 is 6.38. The lowest BCUT2D eigenvalue weighted by Crippen LogP contribution is -2.30. The van der Waals surface area contributed by atoms with Crippen LogP contribution in [-0.2, 0) is 6.73 Å². The van der Waals surface area contributed by atoms with Crippen LogP contribution in [0, 0.1) is 13.8 Å². The fourth-order valence-electron chi connectivity index (χ4n) is 3.88. The highest BCUT2D eigenvalue weighted by molar-refractivity contribution is 6.31. The van der Waals surface area contributed by atoms with E-state index in [9.17, 15) is 4.79 Å². The second-order valence-corrected chi connectivity index (χ2v) is 7.81. The summed E-state index contributed by atoms with van der Waals surface area (Å²) in [5.41, 5.74) is 3.69. The average molecular weight is 410 g/mol. The minimum atomic E-state index is 0.0255. The van der Waals surface area contributed by atoms with Crippen LogP contribution in [0.5, 0.6) is 5.75 Å². The molecule has 4 rings (SSSR count). The van der Waals surface area contributed by atoms with Gasteiger partial charge >= 0.3 is 0 Å². The summed E-state index contributed by atoms with van der Waals surface area (Å²) in [6.45, 7) is 5.04. The summed E-state index contributed by atoms with van der Waals surface area (Å²) < 4.78 is 7.62. The van der Waals surface area contributed by atoms with Crippen LogP contribution in [0.15, 0.2) is 54.6 Å². The zero-order chi connectivity index (χ0) is 20.4. The Bertz CT molecular complexity index is 1010. The van der Waals surface area contributed by atoms with Gasteiger partial charge in [-0.2, -0.15) is 5.10 Å². The molecule has 1 atom stereocenters. The molecule has 0 radical (unpaired) electrons. The van der Waals surface area contributed by atoms with E-state index in [2.05, 4.69) is 5.10 Å². The molecule has 0 aliphatic carbocycles. The molecule has 3 aromatic rings. The van der Waals surface area contributed by atoms with E-state index < -0.39 is 0 Å². The van der Waals surface area contributed by atoms with Gasteiger partial charge in [0, 0.05) is 22.8 Å². The maximum atomic E-state index is 13.1. The molecule has 1 aliphatic rings. The first-order valence-electron chi connectivity index (χ1n) is 9.82. The van der Waals surface area contributed by atoms with Crippen LogP contribution < -0.4 is 4.74 Å². The molecule has 29 heavy (non-hydrogen) atoms. The van der Waals surface area contributed by atoms with Gasteiger partial charge < -0.3 is 9.64 Å². The smallest absolute Gasteiger partial charge is 0.254 e. The predicted octanol–water partition coefficient (Wildman–Crippen LogP) is 5.17. The monoisotopic (exact) mass is 409 g/mol. The minimum absolute atomic E-state index is 0.0255. The normalized spacial score (nSPS) is 16.2. The van der Waals surface area contributed by atoms with Crippen molar-refractivity contribution in [3.8, 4) is 5.75 Å². The molecule has 1 aromatic heterocycles. The van der Waals surface area contributed by atoms with Gasteiger partial charge in [-0.3, -0.25) is 4.79 Å². The van der Waals surface area contributed by atoms with Crippen LogP contribution in [0.2, 0.25) is 5.02 Å². The quantitative estimate of drug-likeness (QED) is 0.584. The van der Waals surface area contributed by atoms with E-state index in [1.807, 2.05) is 78.0 Å². The Morgan fingerprint density at radius 2 is 1.93 bits per heavy atom. The fourth-order valence-corrected chi connectivity index (χ4v) is 4.14. The molecule has 0 spiro atoms. The molecule has 6 heteroatoms. The number of aryl methyl sites for hydroxylation is 2. The highest BCUT2D eigenvalue weighted by Gasteiger charge is 2.31. The van der Waals surface area contributed by atoms with Crippen LogP contribution in [0.25, 0.3) is 0 Å². The molecule has 0 bridgehead atoms. The van der Waals surface area contributed by atoms with Crippen molar-refractivity contribution in [3.05, 3.63) is 82.1 Å². The molecule has 2 aromatic carbocycles. The Kier molecular flexibility index (Phi) is 5.58. The van der Waals surface area contributed by atoms with Gasteiger partial charge in [0.05, 0.1) is 11.7 Å². The number of carbonyl (C=O) groups excluding carboxylic acids is 1. The van der Waals surface area contributed by atoms with Gasteiger partial charge in [-0.05, 0) is 68.7 Å². The Balaban J connectivity index is 1.45. The lowest BCUT2D eigenvalue weighted by Gasteiger charge is -2.26. The van der Waals surface area contributed by atoms with Crippen molar-refractivity contribution in [2.45, 2.75) is 39.5 Å². The number of nitrogens with zero attached hydrogens (tertiary/aromatic N) is 3. The number of aromatic nitrogens is 2. The predicted molar refractivity (Wildman–Crippen MR) is 113 cm³/mol. The first-order chi connectivity index (χ1) is 14.0. The molecular weight excluding hydrogens is 386 g/mol. The van der Waals surface area contributed by atoms with Crippen molar-refractivity contribution < 1.29 is 9.53 Å². The molecule has 1 fully saturated rings. The number of ether oxygens (including phenoxy) is 1. The fraction of sp³-hybridized carbons (Fsp3) is 0.304. The van der Waals surface area contributed by atoms with E-state index in [0.29, 0.717) is 23.1 Å². The SMILES string of the molecule is Cc1cc(C)n(COc2ccc(C(=O)N3CCC[C@@H]3c3ccccc3Cl)cc2)n1. The maximum absolute atomic E-state index is 13.1. The molecule has 1 saturated heterocycles. The van der Waals surface area contributed by atoms with Crippen molar-refractivity contribution in [1.82, 2.24) is 14.7 Å². The Hall–Kier alpha value is -2.79. The Labute approximate surface area is 175 Å². The highest BCUT2D eigenvalue weighted by atomic mass is 35.5. The maximum Gasteiger partial charge on any atom is 0.254 e. The van der Waals surface area contributed by atoms with Crippen LogP contribution in [-0.4, -0.2) is 27.1 Å². The molecule has 0 saturated carbocycles. The Morgan fingerprint density at radius 1 is 1.17 bits per heavy atom. The van der Waals surface area contributed by atoms with Gasteiger partial charge in [0.15, 0.2) is 6.73 Å². The third-order valence-electron chi connectivity index (χ3n) is 5.34. The zero-order valence-corrected chi connectivity index (χ0v) is 17.4. The molecular formula is C23H24ClN3O2. The minimum Gasteiger partial charge on any atom is -0.471 e. The molecule has 2 heterocycles. The largest absolute Gasteiger partial charge is 0.471 e. The molecule has 1 amide bonds. The van der Waals surface area contributed by atoms with E-state index in [4.69, 9.17) is 16.3 Å². The summed E-state index contributed by atoms with van der Waals surface area (Å²) in [4.78, 5) is 15.0. The van der Waals surface area contributed by atoms with Gasteiger partial charge in [0.2, 0.25) is 0 Å².